The van der Waals surface area contributed by atoms with Gasteiger partial charge in [0.15, 0.2) is 0 Å². The maximum atomic E-state index is 13.0. The van der Waals surface area contributed by atoms with Gasteiger partial charge in [-0.3, -0.25) is 4.79 Å². The molecule has 0 unspecified atom stereocenters. The summed E-state index contributed by atoms with van der Waals surface area (Å²) in [4.78, 5) is 14.4. The Labute approximate surface area is 195 Å². The average Bonchev–Trinajstić information content (AvgIpc) is 3.33. The van der Waals surface area contributed by atoms with Gasteiger partial charge in [-0.05, 0) is 31.4 Å². The summed E-state index contributed by atoms with van der Waals surface area (Å²) in [6.45, 7) is 1.54. The van der Waals surface area contributed by atoms with Crippen LogP contribution in [0.25, 0.3) is 11.5 Å². The van der Waals surface area contributed by atoms with Gasteiger partial charge in [-0.1, -0.05) is 37.5 Å². The van der Waals surface area contributed by atoms with Crippen LogP contribution in [0.2, 0.25) is 0 Å². The fraction of sp³-hybridized carbons (Fsp3) is 0.609. The van der Waals surface area contributed by atoms with Crippen LogP contribution in [-0.2, 0) is 21.4 Å². The van der Waals surface area contributed by atoms with Crippen LogP contribution in [0, 0.1) is 0 Å². The van der Waals surface area contributed by atoms with Crippen molar-refractivity contribution in [1.29, 1.82) is 0 Å². The normalized spacial score (nSPS) is 18.7. The number of aryl methyl sites for hydroxylation is 1. The summed E-state index contributed by atoms with van der Waals surface area (Å²) in [7, 11) is -1.79. The van der Waals surface area contributed by atoms with Gasteiger partial charge in [0, 0.05) is 57.7 Å². The molecular formula is C23H33N5O4S. The van der Waals surface area contributed by atoms with Gasteiger partial charge < -0.3 is 9.32 Å². The third-order valence-corrected chi connectivity index (χ3v) is 8.68. The molecule has 1 aromatic heterocycles. The quantitative estimate of drug-likeness (QED) is 0.582. The van der Waals surface area contributed by atoms with Crippen molar-refractivity contribution in [2.75, 3.05) is 33.2 Å². The van der Waals surface area contributed by atoms with Gasteiger partial charge in [-0.25, -0.2) is 0 Å². The van der Waals surface area contributed by atoms with E-state index in [1.807, 2.05) is 30.3 Å². The van der Waals surface area contributed by atoms with E-state index in [1.54, 1.807) is 16.3 Å². The van der Waals surface area contributed by atoms with Crippen molar-refractivity contribution in [3.63, 3.8) is 0 Å². The first-order valence-corrected chi connectivity index (χ1v) is 13.2. The van der Waals surface area contributed by atoms with Crippen LogP contribution in [0.3, 0.4) is 0 Å². The van der Waals surface area contributed by atoms with Crippen molar-refractivity contribution in [3.8, 4) is 11.5 Å². The lowest BCUT2D eigenvalue weighted by atomic mass is 9.96. The highest BCUT2D eigenvalue weighted by Gasteiger charge is 2.35. The van der Waals surface area contributed by atoms with E-state index >= 15 is 0 Å². The molecule has 4 rings (SSSR count). The van der Waals surface area contributed by atoms with Crippen LogP contribution in [0.4, 0.5) is 0 Å². The van der Waals surface area contributed by atoms with E-state index in [0.29, 0.717) is 57.2 Å². The highest BCUT2D eigenvalue weighted by Crippen LogP contribution is 2.25. The highest BCUT2D eigenvalue weighted by molar-refractivity contribution is 7.86. The fourth-order valence-electron chi connectivity index (χ4n) is 4.58. The number of nitrogens with zero attached hydrogens (tertiary/aromatic N) is 5. The number of aromatic nitrogens is 2. The second-order valence-electron chi connectivity index (χ2n) is 8.82. The van der Waals surface area contributed by atoms with Crippen molar-refractivity contribution in [3.05, 3.63) is 36.2 Å². The average molecular weight is 476 g/mol. The van der Waals surface area contributed by atoms with Crippen molar-refractivity contribution >= 4 is 16.1 Å². The molecule has 2 aromatic rings. The predicted octanol–water partition coefficient (Wildman–Crippen LogP) is 2.71. The molecule has 1 aliphatic carbocycles. The minimum Gasteiger partial charge on any atom is -0.421 e. The van der Waals surface area contributed by atoms with Gasteiger partial charge >= 0.3 is 0 Å². The maximum Gasteiger partial charge on any atom is 0.282 e. The molecule has 180 valence electrons. The summed E-state index contributed by atoms with van der Waals surface area (Å²) < 4.78 is 34.8. The molecule has 0 N–H and O–H groups in total. The van der Waals surface area contributed by atoms with E-state index in [0.717, 1.165) is 31.2 Å². The lowest BCUT2D eigenvalue weighted by Crippen LogP contribution is -2.55. The second kappa shape index (κ2) is 10.8. The van der Waals surface area contributed by atoms with Crippen LogP contribution in [0.1, 0.15) is 50.8 Å². The summed E-state index contributed by atoms with van der Waals surface area (Å²) in [6.07, 6.45) is 6.74. The van der Waals surface area contributed by atoms with Crippen LogP contribution in [0.15, 0.2) is 34.7 Å². The van der Waals surface area contributed by atoms with Crippen LogP contribution >= 0.6 is 0 Å². The van der Waals surface area contributed by atoms with Gasteiger partial charge in [0.05, 0.1) is 0 Å². The number of hydrogen-bond donors (Lipinski definition) is 0. The molecule has 0 spiro atoms. The number of hydrogen-bond acceptors (Lipinski definition) is 6. The molecular weight excluding hydrogens is 442 g/mol. The summed E-state index contributed by atoms with van der Waals surface area (Å²) in [5.41, 5.74) is 0.870. The molecule has 1 amide bonds. The van der Waals surface area contributed by atoms with E-state index in [9.17, 15) is 13.2 Å². The first kappa shape index (κ1) is 23.8. The number of amides is 1. The maximum absolute atomic E-state index is 13.0. The minimum absolute atomic E-state index is 0.0375. The Morgan fingerprint density at radius 2 is 1.76 bits per heavy atom. The van der Waals surface area contributed by atoms with Crippen LogP contribution in [0.5, 0.6) is 0 Å². The molecule has 0 atom stereocenters. The Morgan fingerprint density at radius 3 is 2.45 bits per heavy atom. The minimum atomic E-state index is -3.48. The number of carbonyl (C=O) groups excluding carboxylic acids is 1. The molecule has 2 fully saturated rings. The molecule has 2 aliphatic rings. The first-order chi connectivity index (χ1) is 15.9. The second-order valence-corrected chi connectivity index (χ2v) is 10.8. The summed E-state index contributed by atoms with van der Waals surface area (Å²) in [6, 6.07) is 9.67. The zero-order valence-corrected chi connectivity index (χ0v) is 20.0. The zero-order chi connectivity index (χ0) is 23.3. The Kier molecular flexibility index (Phi) is 7.77. The Bertz CT molecular complexity index is 1010. The third-order valence-electron chi connectivity index (χ3n) is 6.64. The van der Waals surface area contributed by atoms with Gasteiger partial charge in [-0.2, -0.15) is 17.0 Å². The smallest absolute Gasteiger partial charge is 0.282 e. The van der Waals surface area contributed by atoms with Crippen LogP contribution < -0.4 is 0 Å². The predicted molar refractivity (Wildman–Crippen MR) is 124 cm³/mol. The van der Waals surface area contributed by atoms with Gasteiger partial charge in [0.2, 0.25) is 17.7 Å². The number of carbonyl (C=O) groups is 1. The Hall–Kier alpha value is -2.30. The molecule has 0 radical (unpaired) electrons. The van der Waals surface area contributed by atoms with Crippen molar-refractivity contribution in [2.45, 2.75) is 57.4 Å². The Morgan fingerprint density at radius 1 is 1.06 bits per heavy atom. The molecule has 0 bridgehead atoms. The first-order valence-electron chi connectivity index (χ1n) is 11.8. The van der Waals surface area contributed by atoms with Gasteiger partial charge in [0.1, 0.15) is 0 Å². The molecule has 1 aromatic carbocycles. The molecule has 1 aliphatic heterocycles. The lowest BCUT2D eigenvalue weighted by Gasteiger charge is -2.38. The molecule has 10 heteroatoms. The molecule has 33 heavy (non-hydrogen) atoms. The summed E-state index contributed by atoms with van der Waals surface area (Å²) in [5.74, 6) is 1.03. The summed E-state index contributed by atoms with van der Waals surface area (Å²) in [5, 5.41) is 8.15. The zero-order valence-electron chi connectivity index (χ0n) is 19.2. The van der Waals surface area contributed by atoms with E-state index in [-0.39, 0.29) is 11.9 Å². The number of piperazine rings is 1. The standard InChI is InChI=1S/C23H33N5O4S/c1-26(20-11-6-3-7-12-20)33(30,31)28-17-15-27(16-18-28)22(29)14-8-13-21-24-25-23(32-21)19-9-4-2-5-10-19/h2,4-5,9-10,20H,3,6-8,11-18H2,1H3. The largest absolute Gasteiger partial charge is 0.421 e. The molecule has 1 saturated carbocycles. The highest BCUT2D eigenvalue weighted by atomic mass is 32.2. The fourth-order valence-corrected chi connectivity index (χ4v) is 6.16. The Balaban J connectivity index is 1.21. The van der Waals surface area contributed by atoms with E-state index in [4.69, 9.17) is 4.42 Å². The van der Waals surface area contributed by atoms with Gasteiger partial charge in [-0.15, -0.1) is 10.2 Å². The monoisotopic (exact) mass is 475 g/mol. The van der Waals surface area contributed by atoms with E-state index in [1.165, 1.54) is 10.7 Å². The summed E-state index contributed by atoms with van der Waals surface area (Å²) >= 11 is 0. The molecule has 9 nitrogen and oxygen atoms in total. The number of benzene rings is 1. The van der Waals surface area contributed by atoms with Crippen molar-refractivity contribution < 1.29 is 17.6 Å². The number of rotatable bonds is 8. The lowest BCUT2D eigenvalue weighted by molar-refractivity contribution is -0.132. The van der Waals surface area contributed by atoms with E-state index in [2.05, 4.69) is 10.2 Å². The van der Waals surface area contributed by atoms with Crippen molar-refractivity contribution in [2.24, 2.45) is 0 Å². The third kappa shape index (κ3) is 5.80. The van der Waals surface area contributed by atoms with E-state index < -0.39 is 10.2 Å². The SMILES string of the molecule is CN(C1CCCCC1)S(=O)(=O)N1CCN(C(=O)CCCc2nnc(-c3ccccc3)o2)CC1. The molecule has 1 saturated heterocycles. The topological polar surface area (TPSA) is 99.9 Å². The van der Waals surface area contributed by atoms with Gasteiger partial charge in [0.25, 0.3) is 10.2 Å². The molecule has 2 heterocycles. The van der Waals surface area contributed by atoms with Crippen molar-refractivity contribution in [1.82, 2.24) is 23.7 Å². The van der Waals surface area contributed by atoms with Crippen LogP contribution in [-0.4, -0.2) is 77.3 Å².